The highest BCUT2D eigenvalue weighted by molar-refractivity contribution is 5.52. The van der Waals surface area contributed by atoms with Gasteiger partial charge >= 0.3 is 6.18 Å². The Bertz CT molecular complexity index is 1070. The van der Waals surface area contributed by atoms with Crippen molar-refractivity contribution < 1.29 is 35.8 Å². The molecule has 29 heavy (non-hydrogen) atoms. The minimum absolute atomic E-state index is 0.112. The van der Waals surface area contributed by atoms with Gasteiger partial charge in [0.15, 0.2) is 11.5 Å². The molecule has 0 saturated carbocycles. The molecule has 0 bridgehead atoms. The largest absolute Gasteiger partial charge is 0.454 e. The number of nitrogen functional groups attached to an aromatic ring is 2. The lowest BCUT2D eigenvalue weighted by Gasteiger charge is -2.17. The molecule has 3 aromatic carbocycles. The van der Waals surface area contributed by atoms with Crippen molar-refractivity contribution in [2.45, 2.75) is 6.18 Å². The first-order chi connectivity index (χ1) is 13.6. The second-order valence-electron chi connectivity index (χ2n) is 5.82. The predicted molar refractivity (Wildman–Crippen MR) is 93.2 cm³/mol. The van der Waals surface area contributed by atoms with E-state index in [0.717, 1.165) is 42.5 Å². The molecule has 0 atom stereocenters. The Labute approximate surface area is 160 Å². The number of rotatable bonds is 4. The van der Waals surface area contributed by atoms with Crippen LogP contribution in [-0.4, -0.2) is 0 Å². The summed E-state index contributed by atoms with van der Waals surface area (Å²) in [6, 6.07) is 7.14. The molecule has 0 radical (unpaired) electrons. The SMILES string of the molecule is Nc1cc(Oc2ccc(C(F)(F)F)c(Oc3ccc(F)c(N)c3)c2F)ccc1F. The van der Waals surface area contributed by atoms with Crippen molar-refractivity contribution in [2.24, 2.45) is 0 Å². The fourth-order valence-electron chi connectivity index (χ4n) is 2.36. The molecule has 0 heterocycles. The van der Waals surface area contributed by atoms with Crippen LogP contribution in [-0.2, 0) is 6.18 Å². The van der Waals surface area contributed by atoms with Crippen LogP contribution in [0.5, 0.6) is 23.0 Å². The third-order valence-corrected chi connectivity index (χ3v) is 3.75. The average molecular weight is 414 g/mol. The Morgan fingerprint density at radius 2 is 1.21 bits per heavy atom. The number of ether oxygens (including phenoxy) is 2. The summed E-state index contributed by atoms with van der Waals surface area (Å²) >= 11 is 0. The smallest absolute Gasteiger partial charge is 0.420 e. The van der Waals surface area contributed by atoms with E-state index >= 15 is 0 Å². The van der Waals surface area contributed by atoms with E-state index in [2.05, 4.69) is 0 Å². The summed E-state index contributed by atoms with van der Waals surface area (Å²) in [6.45, 7) is 0. The molecule has 3 aromatic rings. The molecule has 0 aliphatic heterocycles. The maximum Gasteiger partial charge on any atom is 0.420 e. The van der Waals surface area contributed by atoms with E-state index in [0.29, 0.717) is 6.07 Å². The fourth-order valence-corrected chi connectivity index (χ4v) is 2.36. The van der Waals surface area contributed by atoms with Crippen molar-refractivity contribution in [1.29, 1.82) is 0 Å². The minimum Gasteiger partial charge on any atom is -0.454 e. The van der Waals surface area contributed by atoms with E-state index in [9.17, 15) is 26.3 Å². The summed E-state index contributed by atoms with van der Waals surface area (Å²) in [5.41, 5.74) is 8.62. The van der Waals surface area contributed by atoms with Crippen LogP contribution in [0.1, 0.15) is 5.56 Å². The number of alkyl halides is 3. The summed E-state index contributed by atoms with van der Waals surface area (Å²) in [6.07, 6.45) is -4.96. The van der Waals surface area contributed by atoms with Crippen LogP contribution < -0.4 is 20.9 Å². The Hall–Kier alpha value is -3.56. The summed E-state index contributed by atoms with van der Waals surface area (Å²) in [7, 11) is 0. The van der Waals surface area contributed by atoms with Crippen molar-refractivity contribution in [2.75, 3.05) is 11.5 Å². The van der Waals surface area contributed by atoms with Crippen LogP contribution in [0.2, 0.25) is 0 Å². The predicted octanol–water partition coefficient (Wildman–Crippen LogP) is 5.87. The van der Waals surface area contributed by atoms with Gasteiger partial charge < -0.3 is 20.9 Å². The van der Waals surface area contributed by atoms with Gasteiger partial charge in [-0.2, -0.15) is 17.6 Å². The Kier molecular flexibility index (Phi) is 5.19. The molecule has 3 rings (SSSR count). The molecule has 0 fully saturated rings. The molecule has 0 aliphatic rings. The topological polar surface area (TPSA) is 70.5 Å². The minimum atomic E-state index is -4.96. The van der Waals surface area contributed by atoms with E-state index in [1.165, 1.54) is 0 Å². The first-order valence-corrected chi connectivity index (χ1v) is 7.91. The lowest BCUT2D eigenvalue weighted by Crippen LogP contribution is -2.09. The maximum atomic E-state index is 14.8. The van der Waals surface area contributed by atoms with Crippen LogP contribution in [0.25, 0.3) is 0 Å². The lowest BCUT2D eigenvalue weighted by atomic mass is 10.1. The molecule has 0 saturated heterocycles. The summed E-state index contributed by atoms with van der Waals surface area (Å²) < 4.78 is 91.4. The van der Waals surface area contributed by atoms with Crippen molar-refractivity contribution in [1.82, 2.24) is 0 Å². The highest BCUT2D eigenvalue weighted by Crippen LogP contribution is 2.43. The Balaban J connectivity index is 2.04. The van der Waals surface area contributed by atoms with Crippen LogP contribution >= 0.6 is 0 Å². The van der Waals surface area contributed by atoms with Crippen molar-refractivity contribution in [3.05, 3.63) is 71.5 Å². The van der Waals surface area contributed by atoms with Crippen LogP contribution in [0.3, 0.4) is 0 Å². The fraction of sp³-hybridized carbons (Fsp3) is 0.0526. The number of nitrogens with two attached hydrogens (primary N) is 2. The lowest BCUT2D eigenvalue weighted by molar-refractivity contribution is -0.138. The number of benzene rings is 3. The van der Waals surface area contributed by atoms with E-state index in [1.807, 2.05) is 0 Å². The average Bonchev–Trinajstić information content (AvgIpc) is 2.63. The molecular weight excluding hydrogens is 402 g/mol. The van der Waals surface area contributed by atoms with Crippen molar-refractivity contribution in [3.8, 4) is 23.0 Å². The zero-order valence-corrected chi connectivity index (χ0v) is 14.4. The highest BCUT2D eigenvalue weighted by atomic mass is 19.4. The monoisotopic (exact) mass is 414 g/mol. The van der Waals surface area contributed by atoms with Gasteiger partial charge in [0.25, 0.3) is 0 Å². The zero-order chi connectivity index (χ0) is 21.3. The maximum absolute atomic E-state index is 14.8. The molecule has 10 heteroatoms. The molecule has 0 unspecified atom stereocenters. The summed E-state index contributed by atoms with van der Waals surface area (Å²) in [4.78, 5) is 0. The third kappa shape index (κ3) is 4.31. The molecule has 152 valence electrons. The summed E-state index contributed by atoms with van der Waals surface area (Å²) in [5, 5.41) is 0. The van der Waals surface area contributed by atoms with Crippen LogP contribution in [0, 0.1) is 17.5 Å². The molecule has 4 N–H and O–H groups in total. The molecular formula is C19H12F6N2O2. The molecule has 0 aliphatic carbocycles. The molecule has 0 aromatic heterocycles. The Morgan fingerprint density at radius 1 is 0.690 bits per heavy atom. The molecule has 0 spiro atoms. The number of hydrogen-bond donors (Lipinski definition) is 2. The van der Waals surface area contributed by atoms with Crippen LogP contribution in [0.15, 0.2) is 48.5 Å². The van der Waals surface area contributed by atoms with Gasteiger partial charge in [0.2, 0.25) is 5.82 Å². The quantitative estimate of drug-likeness (QED) is 0.414. The zero-order valence-electron chi connectivity index (χ0n) is 14.4. The number of anilines is 2. The second kappa shape index (κ2) is 7.46. The van der Waals surface area contributed by atoms with E-state index in [-0.39, 0.29) is 17.2 Å². The third-order valence-electron chi connectivity index (χ3n) is 3.75. The van der Waals surface area contributed by atoms with E-state index < -0.39 is 46.4 Å². The van der Waals surface area contributed by atoms with Crippen molar-refractivity contribution in [3.63, 3.8) is 0 Å². The van der Waals surface area contributed by atoms with Gasteiger partial charge in [-0.05, 0) is 36.4 Å². The van der Waals surface area contributed by atoms with Gasteiger partial charge in [0, 0.05) is 12.1 Å². The molecule has 0 amide bonds. The van der Waals surface area contributed by atoms with E-state index in [1.54, 1.807) is 0 Å². The standard InChI is InChI=1S/C19H12F6N2O2/c20-12-4-1-9(7-14(12)26)28-16-6-3-11(19(23,24)25)18(17(16)22)29-10-2-5-13(21)15(27)8-10/h1-8H,26-27H2. The van der Waals surface area contributed by atoms with Gasteiger partial charge in [0.1, 0.15) is 28.7 Å². The number of halogens is 6. The van der Waals surface area contributed by atoms with Gasteiger partial charge in [0.05, 0.1) is 11.4 Å². The van der Waals surface area contributed by atoms with Gasteiger partial charge in [-0.15, -0.1) is 0 Å². The van der Waals surface area contributed by atoms with Gasteiger partial charge in [-0.25, -0.2) is 8.78 Å². The normalized spacial score (nSPS) is 11.4. The number of hydrogen-bond acceptors (Lipinski definition) is 4. The highest BCUT2D eigenvalue weighted by Gasteiger charge is 2.37. The first-order valence-electron chi connectivity index (χ1n) is 7.91. The summed E-state index contributed by atoms with van der Waals surface area (Å²) in [5.74, 6) is -5.31. The van der Waals surface area contributed by atoms with E-state index in [4.69, 9.17) is 20.9 Å². The van der Waals surface area contributed by atoms with Crippen LogP contribution in [0.4, 0.5) is 37.7 Å². The van der Waals surface area contributed by atoms with Gasteiger partial charge in [-0.3, -0.25) is 0 Å². The Morgan fingerprint density at radius 3 is 1.69 bits per heavy atom. The van der Waals surface area contributed by atoms with Gasteiger partial charge in [-0.1, -0.05) is 0 Å². The second-order valence-corrected chi connectivity index (χ2v) is 5.82. The first kappa shape index (κ1) is 20.2. The van der Waals surface area contributed by atoms with Crippen molar-refractivity contribution >= 4 is 11.4 Å². The molecule has 4 nitrogen and oxygen atoms in total.